The molecular weight excluding hydrogens is 402 g/mol. The molecule has 0 saturated carbocycles. The summed E-state index contributed by atoms with van der Waals surface area (Å²) in [5.41, 5.74) is 4.04. The Morgan fingerprint density at radius 3 is 2.67 bits per heavy atom. The van der Waals surface area contributed by atoms with Crippen LogP contribution in [0.1, 0.15) is 38.1 Å². The first-order valence-electron chi connectivity index (χ1n) is 9.39. The lowest BCUT2D eigenvalue weighted by Crippen LogP contribution is -2.17. The van der Waals surface area contributed by atoms with Gasteiger partial charge in [0.1, 0.15) is 4.88 Å². The van der Waals surface area contributed by atoms with E-state index >= 15 is 0 Å². The van der Waals surface area contributed by atoms with Crippen LogP contribution in [-0.2, 0) is 4.74 Å². The summed E-state index contributed by atoms with van der Waals surface area (Å²) in [6, 6.07) is 11.6. The molecule has 152 valence electrons. The highest BCUT2D eigenvalue weighted by Gasteiger charge is 2.16. The van der Waals surface area contributed by atoms with Gasteiger partial charge in [0.05, 0.1) is 23.2 Å². The molecule has 4 rings (SSSR count). The minimum absolute atomic E-state index is 0.234. The van der Waals surface area contributed by atoms with E-state index in [1.54, 1.807) is 25.1 Å². The van der Waals surface area contributed by atoms with E-state index in [1.807, 2.05) is 26.0 Å². The van der Waals surface area contributed by atoms with Crippen molar-refractivity contribution in [2.24, 2.45) is 0 Å². The molecule has 2 heterocycles. The quantitative estimate of drug-likeness (QED) is 0.504. The van der Waals surface area contributed by atoms with Crippen molar-refractivity contribution in [2.45, 2.75) is 20.8 Å². The molecular formula is C22H19N3O4S. The van der Waals surface area contributed by atoms with Crippen LogP contribution in [0, 0.1) is 13.8 Å². The molecule has 0 aliphatic heterocycles. The molecule has 4 aromatic rings. The number of carbonyl (C=O) groups excluding carboxylic acids is 2. The second-order valence-corrected chi connectivity index (χ2v) is 7.87. The van der Waals surface area contributed by atoms with Gasteiger partial charge < -0.3 is 10.1 Å². The van der Waals surface area contributed by atoms with Crippen molar-refractivity contribution in [1.29, 1.82) is 0 Å². The van der Waals surface area contributed by atoms with Crippen molar-refractivity contribution in [3.05, 3.63) is 74.4 Å². The number of esters is 1. The van der Waals surface area contributed by atoms with E-state index in [2.05, 4.69) is 10.3 Å². The number of benzene rings is 2. The van der Waals surface area contributed by atoms with Crippen LogP contribution in [0.3, 0.4) is 0 Å². The summed E-state index contributed by atoms with van der Waals surface area (Å²) >= 11 is 1.13. The number of ether oxygens (including phenoxy) is 1. The molecule has 0 radical (unpaired) electrons. The lowest BCUT2D eigenvalue weighted by molar-refractivity contribution is 0.0526. The van der Waals surface area contributed by atoms with Gasteiger partial charge in [-0.15, -0.1) is 0 Å². The molecule has 2 aromatic heterocycles. The summed E-state index contributed by atoms with van der Waals surface area (Å²) in [4.78, 5) is 42.6. The zero-order valence-electron chi connectivity index (χ0n) is 16.7. The van der Waals surface area contributed by atoms with Crippen molar-refractivity contribution < 1.29 is 14.3 Å². The topological polar surface area (TPSA) is 89.8 Å². The molecule has 0 atom stereocenters. The zero-order valence-corrected chi connectivity index (χ0v) is 17.5. The Kier molecular flexibility index (Phi) is 5.09. The Balaban J connectivity index is 1.69. The molecule has 1 amide bonds. The predicted molar refractivity (Wildman–Crippen MR) is 117 cm³/mol. The molecule has 1 N–H and O–H groups in total. The van der Waals surface area contributed by atoms with Crippen LogP contribution in [0.5, 0.6) is 0 Å². The fourth-order valence-electron chi connectivity index (χ4n) is 3.14. The molecule has 2 aromatic carbocycles. The fourth-order valence-corrected chi connectivity index (χ4v) is 4.06. The van der Waals surface area contributed by atoms with Gasteiger partial charge in [-0.3, -0.25) is 14.0 Å². The van der Waals surface area contributed by atoms with Crippen LogP contribution in [0.4, 0.5) is 5.69 Å². The van der Waals surface area contributed by atoms with E-state index < -0.39 is 11.9 Å². The van der Waals surface area contributed by atoms with E-state index in [9.17, 15) is 14.4 Å². The smallest absolute Gasteiger partial charge is 0.338 e. The van der Waals surface area contributed by atoms with Crippen molar-refractivity contribution in [3.63, 3.8) is 0 Å². The maximum atomic E-state index is 12.7. The second-order valence-electron chi connectivity index (χ2n) is 6.86. The molecule has 0 unspecified atom stereocenters. The molecule has 8 heteroatoms. The first-order chi connectivity index (χ1) is 14.4. The van der Waals surface area contributed by atoms with Gasteiger partial charge in [0.25, 0.3) is 11.5 Å². The van der Waals surface area contributed by atoms with E-state index in [-0.39, 0.29) is 17.0 Å². The molecule has 7 nitrogen and oxygen atoms in total. The lowest BCUT2D eigenvalue weighted by atomic mass is 10.1. The van der Waals surface area contributed by atoms with Gasteiger partial charge in [0.2, 0.25) is 0 Å². The number of nitrogens with one attached hydrogen (secondary N) is 1. The van der Waals surface area contributed by atoms with Gasteiger partial charge in [-0.1, -0.05) is 17.4 Å². The van der Waals surface area contributed by atoms with Crippen LogP contribution in [0.2, 0.25) is 0 Å². The van der Waals surface area contributed by atoms with E-state index in [1.165, 1.54) is 16.5 Å². The number of aromatic nitrogens is 2. The molecule has 30 heavy (non-hydrogen) atoms. The highest BCUT2D eigenvalue weighted by molar-refractivity contribution is 7.18. The third kappa shape index (κ3) is 3.57. The Hall–Kier alpha value is -3.52. The number of nitrogens with zero attached hydrogens (tertiary/aromatic N) is 2. The maximum Gasteiger partial charge on any atom is 0.338 e. The average Bonchev–Trinajstić information content (AvgIpc) is 3.06. The minimum Gasteiger partial charge on any atom is -0.462 e. The van der Waals surface area contributed by atoms with Gasteiger partial charge >= 0.3 is 5.97 Å². The number of carbonyl (C=O) groups is 2. The number of amides is 1. The standard InChI is InChI=1S/C22H19N3O4S/c1-4-29-21(28)14-6-5-7-15(10-14)23-20(27)18-11-19(26)25-17-9-13(3)12(2)8-16(17)24-22(25)30-18/h5-11H,4H2,1-3H3,(H,23,27). The van der Waals surface area contributed by atoms with Crippen LogP contribution >= 0.6 is 11.3 Å². The Morgan fingerprint density at radius 1 is 1.13 bits per heavy atom. The number of anilines is 1. The predicted octanol–water partition coefficient (Wildman–Crippen LogP) is 3.96. The molecule has 0 spiro atoms. The third-order valence-corrected chi connectivity index (χ3v) is 5.75. The molecule has 0 aliphatic rings. The summed E-state index contributed by atoms with van der Waals surface area (Å²) in [5.74, 6) is -0.908. The van der Waals surface area contributed by atoms with Crippen molar-refractivity contribution in [3.8, 4) is 0 Å². The van der Waals surface area contributed by atoms with E-state index in [4.69, 9.17) is 4.74 Å². The minimum atomic E-state index is -0.464. The van der Waals surface area contributed by atoms with Crippen LogP contribution in [0.25, 0.3) is 16.0 Å². The second kappa shape index (κ2) is 7.72. The molecule has 0 bridgehead atoms. The Bertz CT molecular complexity index is 1370. The first-order valence-corrected chi connectivity index (χ1v) is 10.2. The van der Waals surface area contributed by atoms with Crippen LogP contribution in [-0.4, -0.2) is 27.9 Å². The largest absolute Gasteiger partial charge is 0.462 e. The van der Waals surface area contributed by atoms with Crippen molar-refractivity contribution in [2.75, 3.05) is 11.9 Å². The van der Waals surface area contributed by atoms with Crippen molar-refractivity contribution in [1.82, 2.24) is 9.38 Å². The first kappa shape index (κ1) is 19.8. The fraction of sp³-hybridized carbons (Fsp3) is 0.182. The average molecular weight is 421 g/mol. The zero-order chi connectivity index (χ0) is 21.4. The van der Waals surface area contributed by atoms with E-state index in [0.717, 1.165) is 28.0 Å². The summed E-state index contributed by atoms with van der Waals surface area (Å²) in [7, 11) is 0. The number of hydrogen-bond acceptors (Lipinski definition) is 6. The normalized spacial score (nSPS) is 11.0. The summed E-state index contributed by atoms with van der Waals surface area (Å²) in [6.07, 6.45) is 0. The summed E-state index contributed by atoms with van der Waals surface area (Å²) < 4.78 is 6.50. The number of fused-ring (bicyclic) bond motifs is 3. The number of hydrogen-bond donors (Lipinski definition) is 1. The number of imidazole rings is 1. The van der Waals surface area contributed by atoms with Crippen molar-refractivity contribution >= 4 is 44.9 Å². The number of rotatable bonds is 4. The van der Waals surface area contributed by atoms with Gasteiger partial charge in [-0.05, 0) is 62.2 Å². The van der Waals surface area contributed by atoms with Crippen LogP contribution < -0.4 is 10.9 Å². The highest BCUT2D eigenvalue weighted by atomic mass is 32.1. The summed E-state index contributed by atoms with van der Waals surface area (Å²) in [5, 5.41) is 2.73. The van der Waals surface area contributed by atoms with Gasteiger partial charge in [0.15, 0.2) is 4.96 Å². The van der Waals surface area contributed by atoms with Gasteiger partial charge in [0, 0.05) is 11.8 Å². The highest BCUT2D eigenvalue weighted by Crippen LogP contribution is 2.23. The van der Waals surface area contributed by atoms with Gasteiger partial charge in [-0.2, -0.15) is 0 Å². The monoisotopic (exact) mass is 421 g/mol. The molecule has 0 fully saturated rings. The molecule has 0 saturated heterocycles. The number of aryl methyl sites for hydroxylation is 2. The Morgan fingerprint density at radius 2 is 1.90 bits per heavy atom. The lowest BCUT2D eigenvalue weighted by Gasteiger charge is -2.07. The Labute approximate surface area is 175 Å². The van der Waals surface area contributed by atoms with Gasteiger partial charge in [-0.25, -0.2) is 9.78 Å². The SMILES string of the molecule is CCOC(=O)c1cccc(NC(=O)c2cc(=O)n3c(nc4cc(C)c(C)cc43)s2)c1. The molecule has 0 aliphatic carbocycles. The van der Waals surface area contributed by atoms with Crippen LogP contribution in [0.15, 0.2) is 47.3 Å². The van der Waals surface area contributed by atoms with E-state index in [0.29, 0.717) is 21.7 Å². The summed E-state index contributed by atoms with van der Waals surface area (Å²) in [6.45, 7) is 5.96. The third-order valence-electron chi connectivity index (χ3n) is 4.77. The maximum absolute atomic E-state index is 12.7.